The zero-order valence-corrected chi connectivity index (χ0v) is 15.7. The first-order valence-corrected chi connectivity index (χ1v) is 13.5. The van der Waals surface area contributed by atoms with Gasteiger partial charge in [-0.1, -0.05) is 0 Å². The Morgan fingerprint density at radius 3 is 1.29 bits per heavy atom. The minimum absolute atomic E-state index is 0.603. The van der Waals surface area contributed by atoms with Gasteiger partial charge in [0.25, 0.3) is 0 Å². The van der Waals surface area contributed by atoms with Crippen LogP contribution in [-0.4, -0.2) is 129 Å². The van der Waals surface area contributed by atoms with Gasteiger partial charge in [0.1, 0.15) is 0 Å². The number of halogens is 2. The van der Waals surface area contributed by atoms with Crippen molar-refractivity contribution < 1.29 is 48.9 Å². The molecular formula is C12H20F2O8Se2. The standard InChI is InChI=1S/C12H20F2O8Se2/c13-5-9(19)7(17)3(1-15)21-11(5)23-24-12-6(14)10(20)8(18)4(2-16)22-12/h3-12,15-20H,1-2H2/t3-,4-,5-,6-,7-,8-,9-,10-,11+,12+/m1/s1. The molecule has 0 aromatic heterocycles. The maximum absolute atomic E-state index is 14.1. The molecule has 10 atom stereocenters. The molecule has 12 heteroatoms. The molecule has 2 rings (SSSR count). The van der Waals surface area contributed by atoms with Gasteiger partial charge in [0, 0.05) is 0 Å². The summed E-state index contributed by atoms with van der Waals surface area (Å²) in [6.07, 6.45) is -12.6. The van der Waals surface area contributed by atoms with E-state index in [1.54, 1.807) is 0 Å². The Balaban J connectivity index is 1.96. The number of aliphatic hydroxyl groups is 6. The van der Waals surface area contributed by atoms with E-state index in [4.69, 9.17) is 19.7 Å². The summed E-state index contributed by atoms with van der Waals surface area (Å²) in [6.45, 7) is -1.21. The second kappa shape index (κ2) is 8.98. The van der Waals surface area contributed by atoms with Crippen LogP contribution < -0.4 is 0 Å². The van der Waals surface area contributed by atoms with Crippen LogP contribution in [0.15, 0.2) is 0 Å². The number of hydrogen-bond acceptors (Lipinski definition) is 8. The number of rotatable bonds is 5. The van der Waals surface area contributed by atoms with Crippen molar-refractivity contribution >= 4 is 26.3 Å². The first kappa shape index (κ1) is 20.9. The molecule has 2 aliphatic heterocycles. The fourth-order valence-electron chi connectivity index (χ4n) is 2.36. The second-order valence-electron chi connectivity index (χ2n) is 5.49. The van der Waals surface area contributed by atoms with Gasteiger partial charge in [-0.3, -0.25) is 0 Å². The molecule has 0 spiro atoms. The Bertz CT molecular complexity index is 371. The van der Waals surface area contributed by atoms with Crippen molar-refractivity contribution in [2.75, 3.05) is 13.2 Å². The molecule has 0 unspecified atom stereocenters. The Hall–Kier alpha value is 0.579. The monoisotopic (exact) mass is 490 g/mol. The van der Waals surface area contributed by atoms with Crippen molar-refractivity contribution in [1.29, 1.82) is 0 Å². The van der Waals surface area contributed by atoms with Gasteiger partial charge in [-0.15, -0.1) is 0 Å². The maximum atomic E-state index is 14.1. The van der Waals surface area contributed by atoms with Crippen molar-refractivity contribution in [3.8, 4) is 0 Å². The molecule has 2 saturated heterocycles. The van der Waals surface area contributed by atoms with Gasteiger partial charge in [-0.25, -0.2) is 0 Å². The fraction of sp³-hybridized carbons (Fsp3) is 1.00. The van der Waals surface area contributed by atoms with Crippen LogP contribution in [0.25, 0.3) is 0 Å². The molecule has 0 amide bonds. The summed E-state index contributed by atoms with van der Waals surface area (Å²) >= 11 is -1.39. The Morgan fingerprint density at radius 1 is 0.667 bits per heavy atom. The molecule has 6 N–H and O–H groups in total. The zero-order valence-electron chi connectivity index (χ0n) is 12.3. The van der Waals surface area contributed by atoms with Crippen LogP contribution in [0.4, 0.5) is 8.78 Å². The predicted molar refractivity (Wildman–Crippen MR) is 76.8 cm³/mol. The van der Waals surface area contributed by atoms with Crippen LogP contribution in [-0.2, 0) is 9.47 Å². The summed E-state index contributed by atoms with van der Waals surface area (Å²) in [5, 5.41) is 54.4. The molecule has 0 aromatic carbocycles. The molecule has 0 aliphatic carbocycles. The van der Waals surface area contributed by atoms with E-state index in [0.29, 0.717) is 0 Å². The average molecular weight is 488 g/mol. The topological polar surface area (TPSA) is 140 Å². The van der Waals surface area contributed by atoms with Crippen LogP contribution in [0.3, 0.4) is 0 Å². The van der Waals surface area contributed by atoms with E-state index >= 15 is 0 Å². The van der Waals surface area contributed by atoms with Gasteiger partial charge < -0.3 is 0 Å². The zero-order chi connectivity index (χ0) is 18.0. The Morgan fingerprint density at radius 2 is 1.00 bits per heavy atom. The molecule has 0 saturated carbocycles. The van der Waals surface area contributed by atoms with Crippen molar-refractivity contribution in [2.45, 2.75) is 59.0 Å². The van der Waals surface area contributed by atoms with E-state index in [1.165, 1.54) is 0 Å². The SMILES string of the molecule is OC[C@H]1O[C@@H]([Se][Se][C@@H]2O[C@H](CO)[C@@H](O)[C@H](O)[C@H]2F)[C@H](F)[C@@H](O)[C@@H]1O. The molecule has 142 valence electrons. The quantitative estimate of drug-likeness (QED) is 0.215. The molecule has 0 aromatic rings. The molecule has 2 aliphatic rings. The number of alkyl halides is 2. The summed E-state index contributed by atoms with van der Waals surface area (Å²) in [4.78, 5) is 0. The van der Waals surface area contributed by atoms with Gasteiger partial charge in [-0.05, 0) is 0 Å². The fourth-order valence-corrected chi connectivity index (χ4v) is 10.4. The summed E-state index contributed by atoms with van der Waals surface area (Å²) in [6, 6.07) is 0. The van der Waals surface area contributed by atoms with Gasteiger partial charge in [-0.2, -0.15) is 0 Å². The van der Waals surface area contributed by atoms with Crippen molar-refractivity contribution in [3.63, 3.8) is 0 Å². The van der Waals surface area contributed by atoms with Gasteiger partial charge in [0.15, 0.2) is 0 Å². The van der Waals surface area contributed by atoms with Crippen LogP contribution in [0.1, 0.15) is 0 Å². The molecule has 2 fully saturated rings. The molecule has 0 bridgehead atoms. The van der Waals surface area contributed by atoms with Crippen molar-refractivity contribution in [1.82, 2.24) is 0 Å². The van der Waals surface area contributed by atoms with E-state index in [9.17, 15) is 29.2 Å². The first-order chi connectivity index (χ1) is 11.3. The van der Waals surface area contributed by atoms with Crippen molar-refractivity contribution in [3.05, 3.63) is 0 Å². The normalized spacial score (nSPS) is 50.0. The summed E-state index contributed by atoms with van der Waals surface area (Å²) in [5.74, 6) is 0. The molecular weight excluding hydrogens is 468 g/mol. The Kier molecular flexibility index (Phi) is 7.82. The minimum atomic E-state index is -1.89. The summed E-state index contributed by atoms with van der Waals surface area (Å²) in [7, 11) is 0. The van der Waals surface area contributed by atoms with Gasteiger partial charge in [0.05, 0.1) is 0 Å². The van der Waals surface area contributed by atoms with Crippen LogP contribution in [0.5, 0.6) is 0 Å². The van der Waals surface area contributed by atoms with E-state index in [0.717, 1.165) is 0 Å². The first-order valence-electron chi connectivity index (χ1n) is 7.17. The second-order valence-corrected chi connectivity index (χ2v) is 12.4. The third-order valence-electron chi connectivity index (χ3n) is 3.86. The van der Waals surface area contributed by atoms with Crippen LogP contribution in [0, 0.1) is 0 Å². The third-order valence-corrected chi connectivity index (χ3v) is 11.8. The van der Waals surface area contributed by atoms with Crippen LogP contribution in [0.2, 0.25) is 0 Å². The molecule has 24 heavy (non-hydrogen) atoms. The van der Waals surface area contributed by atoms with Crippen molar-refractivity contribution in [2.24, 2.45) is 0 Å². The number of ether oxygens (including phenoxy) is 2. The van der Waals surface area contributed by atoms with Crippen LogP contribution >= 0.6 is 0 Å². The third kappa shape index (κ3) is 4.28. The summed E-state index contributed by atoms with van der Waals surface area (Å²) in [5.41, 5.74) is 0. The molecule has 8 nitrogen and oxygen atoms in total. The van der Waals surface area contributed by atoms with E-state index < -0.39 is 98.4 Å². The van der Waals surface area contributed by atoms with Gasteiger partial charge >= 0.3 is 147 Å². The van der Waals surface area contributed by atoms with E-state index in [2.05, 4.69) is 0 Å². The van der Waals surface area contributed by atoms with Gasteiger partial charge in [0.2, 0.25) is 0 Å². The predicted octanol–water partition coefficient (Wildman–Crippen LogP) is -4.14. The average Bonchev–Trinajstić information content (AvgIpc) is 2.58. The van der Waals surface area contributed by atoms with E-state index in [-0.39, 0.29) is 0 Å². The molecule has 2 heterocycles. The number of hydrogen-bond donors (Lipinski definition) is 6. The Labute approximate surface area is 147 Å². The molecule has 0 radical (unpaired) electrons. The van der Waals surface area contributed by atoms with E-state index in [1.807, 2.05) is 0 Å². The summed E-state index contributed by atoms with van der Waals surface area (Å²) < 4.78 is 38.6. The number of aliphatic hydroxyl groups excluding tert-OH is 6.